The predicted octanol–water partition coefficient (Wildman–Crippen LogP) is 0.720. The Kier molecular flexibility index (Phi) is 3.50. The van der Waals surface area contributed by atoms with Crippen LogP contribution < -0.4 is 10.6 Å². The Morgan fingerprint density at radius 2 is 1.95 bits per heavy atom. The molecule has 1 saturated heterocycles. The normalized spacial score (nSPS) is 20.9. The van der Waals surface area contributed by atoms with E-state index >= 15 is 0 Å². The van der Waals surface area contributed by atoms with Crippen LogP contribution in [0.25, 0.3) is 5.57 Å². The van der Waals surface area contributed by atoms with Crippen molar-refractivity contribution < 1.29 is 14.4 Å². The van der Waals surface area contributed by atoms with Crippen LogP contribution in [0.3, 0.4) is 0 Å². The van der Waals surface area contributed by atoms with E-state index < -0.39 is 11.8 Å². The maximum absolute atomic E-state index is 12.7. The van der Waals surface area contributed by atoms with Crippen molar-refractivity contribution in [1.29, 1.82) is 0 Å². The van der Waals surface area contributed by atoms with Gasteiger partial charge in [-0.2, -0.15) is 0 Å². The fraction of sp³-hybridized carbons (Fsp3) is 0.143. The topological polar surface area (TPSA) is 83.7 Å². The van der Waals surface area contributed by atoms with Gasteiger partial charge >= 0.3 is 0 Å². The van der Waals surface area contributed by atoms with Crippen molar-refractivity contribution in [3.63, 3.8) is 0 Å². The number of carbonyl (C=O) groups is 3. The summed E-state index contributed by atoms with van der Waals surface area (Å²) in [4.78, 5) is 39.1. The lowest BCUT2D eigenvalue weighted by atomic mass is 10.1. The van der Waals surface area contributed by atoms with Gasteiger partial charge in [-0.15, -0.1) is 0 Å². The number of nitrogens with zero attached hydrogens (tertiary/aromatic N) is 2. The van der Waals surface area contributed by atoms with Crippen LogP contribution in [-0.4, -0.2) is 40.5 Å². The first-order valence-corrected chi connectivity index (χ1v) is 7.58. The number of benzene rings is 1. The maximum Gasteiger partial charge on any atom is 0.266 e. The van der Waals surface area contributed by atoms with Gasteiger partial charge in [0.15, 0.2) is 0 Å². The van der Waals surface area contributed by atoms with Gasteiger partial charge in [0.25, 0.3) is 11.8 Å². The Morgan fingerprint density at radius 3 is 2.55 bits per heavy atom. The van der Waals surface area contributed by atoms with E-state index in [9.17, 15) is 14.4 Å². The monoisotopic (exact) mass is 333 g/mol. The predicted molar refractivity (Wildman–Crippen MR) is 87.9 cm³/mol. The molecule has 0 saturated carbocycles. The highest BCUT2D eigenvalue weighted by molar-refractivity contribution is 8.26. The van der Waals surface area contributed by atoms with Crippen LogP contribution in [0.2, 0.25) is 0 Å². The van der Waals surface area contributed by atoms with Gasteiger partial charge in [0.05, 0.1) is 16.2 Å². The summed E-state index contributed by atoms with van der Waals surface area (Å²) in [5.41, 5.74) is 6.67. The van der Waals surface area contributed by atoms with Gasteiger partial charge < -0.3 is 5.73 Å². The summed E-state index contributed by atoms with van der Waals surface area (Å²) >= 11 is 6.19. The summed E-state index contributed by atoms with van der Waals surface area (Å²) in [5, 5.41) is 0. The number of nitrogens with two attached hydrogens (primary N) is 1. The van der Waals surface area contributed by atoms with Crippen molar-refractivity contribution in [1.82, 2.24) is 4.90 Å². The first-order valence-electron chi connectivity index (χ1n) is 6.35. The summed E-state index contributed by atoms with van der Waals surface area (Å²) in [5.74, 6) is -1.34. The minimum Gasteiger partial charge on any atom is -0.368 e. The number of hydrogen-bond acceptors (Lipinski definition) is 5. The molecule has 2 N–H and O–H groups in total. The molecule has 0 spiro atoms. The molecule has 2 aliphatic rings. The largest absolute Gasteiger partial charge is 0.368 e. The minimum absolute atomic E-state index is 0.230. The molecule has 2 heterocycles. The second-order valence-corrected chi connectivity index (χ2v) is 6.46. The minimum atomic E-state index is -0.618. The van der Waals surface area contributed by atoms with Gasteiger partial charge in [0, 0.05) is 12.6 Å². The van der Waals surface area contributed by atoms with Gasteiger partial charge in [-0.1, -0.05) is 42.2 Å². The molecule has 8 heteroatoms. The smallest absolute Gasteiger partial charge is 0.266 e. The number of amides is 3. The molecule has 1 aromatic carbocycles. The van der Waals surface area contributed by atoms with Crippen molar-refractivity contribution in [3.8, 4) is 0 Å². The molecule has 3 amide bonds. The molecule has 0 aromatic heterocycles. The molecular weight excluding hydrogens is 322 g/mol. The Hall–Kier alpha value is -2.19. The van der Waals surface area contributed by atoms with Crippen LogP contribution in [0, 0.1) is 0 Å². The quantitative estimate of drug-likeness (QED) is 0.637. The van der Waals surface area contributed by atoms with Gasteiger partial charge in [0.1, 0.15) is 10.9 Å². The second kappa shape index (κ2) is 5.22. The summed E-state index contributed by atoms with van der Waals surface area (Å²) in [6, 6.07) is 6.99. The number of rotatable bonds is 2. The molecule has 0 aliphatic carbocycles. The van der Waals surface area contributed by atoms with E-state index in [-0.39, 0.29) is 22.9 Å². The molecule has 22 heavy (non-hydrogen) atoms. The van der Waals surface area contributed by atoms with Crippen LogP contribution in [0.15, 0.2) is 29.2 Å². The molecular formula is C14H11N3O3S2. The molecule has 6 nitrogen and oxygen atoms in total. The third-order valence-electron chi connectivity index (χ3n) is 3.43. The van der Waals surface area contributed by atoms with Gasteiger partial charge in [-0.05, 0) is 6.07 Å². The summed E-state index contributed by atoms with van der Waals surface area (Å²) in [6.45, 7) is -0.230. The number of thiocarbonyl (C=S) groups is 1. The average Bonchev–Trinajstić information content (AvgIpc) is 2.88. The van der Waals surface area contributed by atoms with E-state index in [0.29, 0.717) is 15.6 Å². The third kappa shape index (κ3) is 2.11. The van der Waals surface area contributed by atoms with Gasteiger partial charge in [0.2, 0.25) is 5.91 Å². The molecule has 1 aromatic rings. The average molecular weight is 333 g/mol. The molecule has 2 aliphatic heterocycles. The Labute approximate surface area is 135 Å². The van der Waals surface area contributed by atoms with Crippen LogP contribution in [0.1, 0.15) is 5.56 Å². The van der Waals surface area contributed by atoms with Crippen LogP contribution >= 0.6 is 24.0 Å². The Bertz CT molecular complexity index is 772. The van der Waals surface area contributed by atoms with Crippen molar-refractivity contribution in [2.75, 3.05) is 18.5 Å². The number of carbonyl (C=O) groups excluding carboxylic acids is 3. The standard InChI is InChI=1S/C14H11N3O3S2/c1-16-13(20)11(22-14(16)21)10-7-4-2-3-5-8(7)17(12(10)19)6-9(15)18/h2-5H,6H2,1H3,(H2,15,18)/b11-10+. The maximum atomic E-state index is 12.7. The number of hydrogen-bond donors (Lipinski definition) is 1. The lowest BCUT2D eigenvalue weighted by molar-refractivity contribution is -0.121. The van der Waals surface area contributed by atoms with Crippen molar-refractivity contribution in [2.45, 2.75) is 0 Å². The molecule has 1 fully saturated rings. The zero-order chi connectivity index (χ0) is 16.0. The summed E-state index contributed by atoms with van der Waals surface area (Å²) in [6.07, 6.45) is 0. The van der Waals surface area contributed by atoms with Crippen LogP contribution in [0.4, 0.5) is 5.69 Å². The van der Waals surface area contributed by atoms with E-state index in [0.717, 1.165) is 11.8 Å². The SMILES string of the molecule is CN1C(=O)/C(=C2\C(=O)N(CC(N)=O)c3ccccc32)SC1=S. The van der Waals surface area contributed by atoms with Crippen molar-refractivity contribution in [2.24, 2.45) is 5.73 Å². The van der Waals surface area contributed by atoms with Gasteiger partial charge in [-0.3, -0.25) is 24.2 Å². The molecule has 0 bridgehead atoms. The number of anilines is 1. The Morgan fingerprint density at radius 1 is 1.27 bits per heavy atom. The Balaban J connectivity index is 2.18. The van der Waals surface area contributed by atoms with Gasteiger partial charge in [-0.25, -0.2) is 0 Å². The van der Waals surface area contributed by atoms with E-state index in [1.165, 1.54) is 9.80 Å². The zero-order valence-electron chi connectivity index (χ0n) is 11.5. The van der Waals surface area contributed by atoms with Crippen LogP contribution in [-0.2, 0) is 14.4 Å². The van der Waals surface area contributed by atoms with E-state index in [2.05, 4.69) is 0 Å². The molecule has 0 radical (unpaired) electrons. The highest BCUT2D eigenvalue weighted by Crippen LogP contribution is 2.43. The van der Waals surface area contributed by atoms with Crippen molar-refractivity contribution in [3.05, 3.63) is 34.7 Å². The fourth-order valence-electron chi connectivity index (χ4n) is 2.40. The number of thioether (sulfide) groups is 1. The van der Waals surface area contributed by atoms with E-state index in [1.54, 1.807) is 31.3 Å². The highest BCUT2D eigenvalue weighted by atomic mass is 32.2. The summed E-state index contributed by atoms with van der Waals surface area (Å²) in [7, 11) is 1.57. The first-order chi connectivity index (χ1) is 10.4. The molecule has 3 rings (SSSR count). The first kappa shape index (κ1) is 14.7. The lowest BCUT2D eigenvalue weighted by Crippen LogP contribution is -2.36. The number of fused-ring (bicyclic) bond motifs is 1. The van der Waals surface area contributed by atoms with E-state index in [4.69, 9.17) is 18.0 Å². The fourth-order valence-corrected chi connectivity index (χ4v) is 3.66. The lowest BCUT2D eigenvalue weighted by Gasteiger charge is -2.14. The zero-order valence-corrected chi connectivity index (χ0v) is 13.2. The number of likely N-dealkylation sites (N-methyl/N-ethyl adjacent to an activating group) is 1. The molecule has 0 atom stereocenters. The van der Waals surface area contributed by atoms with Crippen molar-refractivity contribution >= 4 is 57.3 Å². The van der Waals surface area contributed by atoms with E-state index in [1.807, 2.05) is 0 Å². The third-order valence-corrected chi connectivity index (χ3v) is 4.98. The van der Waals surface area contributed by atoms with Crippen LogP contribution in [0.5, 0.6) is 0 Å². The molecule has 112 valence electrons. The number of para-hydroxylation sites is 1. The number of primary amides is 1. The summed E-state index contributed by atoms with van der Waals surface area (Å²) < 4.78 is 0.395. The highest BCUT2D eigenvalue weighted by Gasteiger charge is 2.41. The molecule has 0 unspecified atom stereocenters. The second-order valence-electron chi connectivity index (χ2n) is 4.81.